The molecule has 0 radical (unpaired) electrons. The van der Waals surface area contributed by atoms with Crippen molar-refractivity contribution in [3.05, 3.63) is 58.0 Å². The molecule has 0 N–H and O–H groups in total. The Morgan fingerprint density at radius 3 is 2.86 bits per heavy atom. The fraction of sp³-hybridized carbons (Fsp3) is 0.188. The van der Waals surface area contributed by atoms with E-state index >= 15 is 0 Å². The standard InChI is InChI=1S/C16H13FN2O2/c1-3-10-7-9(2)8-12-13(10)16(20)21-15(19-12)11-5-4-6-18-14(11)17/h4-8H,3H2,1-2H3. The van der Waals surface area contributed by atoms with Gasteiger partial charge in [-0.3, -0.25) is 0 Å². The van der Waals surface area contributed by atoms with Gasteiger partial charge in [-0.25, -0.2) is 14.8 Å². The Balaban J connectivity index is 2.34. The lowest BCUT2D eigenvalue weighted by Gasteiger charge is -2.06. The predicted molar refractivity (Wildman–Crippen MR) is 77.6 cm³/mol. The molecule has 21 heavy (non-hydrogen) atoms. The minimum Gasteiger partial charge on any atom is -0.403 e. The maximum atomic E-state index is 13.7. The molecule has 106 valence electrons. The molecule has 0 aliphatic rings. The van der Waals surface area contributed by atoms with E-state index < -0.39 is 11.6 Å². The Labute approximate surface area is 120 Å². The van der Waals surface area contributed by atoms with Crippen molar-refractivity contribution < 1.29 is 8.81 Å². The highest BCUT2D eigenvalue weighted by molar-refractivity contribution is 5.83. The lowest BCUT2D eigenvalue weighted by molar-refractivity contribution is 0.507. The van der Waals surface area contributed by atoms with Gasteiger partial charge in [-0.1, -0.05) is 13.0 Å². The quantitative estimate of drug-likeness (QED) is 0.678. The van der Waals surface area contributed by atoms with Gasteiger partial charge in [0.25, 0.3) is 0 Å². The first-order chi connectivity index (χ1) is 10.1. The predicted octanol–water partition coefficient (Wildman–Crippen LogP) is 3.26. The number of halogens is 1. The number of aryl methyl sites for hydroxylation is 2. The molecule has 1 aromatic carbocycles. The third kappa shape index (κ3) is 2.31. The van der Waals surface area contributed by atoms with Crippen molar-refractivity contribution >= 4 is 10.9 Å². The lowest BCUT2D eigenvalue weighted by atomic mass is 10.0. The van der Waals surface area contributed by atoms with Gasteiger partial charge < -0.3 is 4.42 Å². The van der Waals surface area contributed by atoms with Crippen LogP contribution in [0.3, 0.4) is 0 Å². The number of aromatic nitrogens is 2. The van der Waals surface area contributed by atoms with E-state index in [4.69, 9.17) is 4.42 Å². The summed E-state index contributed by atoms with van der Waals surface area (Å²) < 4.78 is 18.9. The van der Waals surface area contributed by atoms with Gasteiger partial charge in [-0.2, -0.15) is 4.39 Å². The minimum absolute atomic E-state index is 0.0502. The fourth-order valence-corrected chi connectivity index (χ4v) is 2.38. The number of rotatable bonds is 2. The summed E-state index contributed by atoms with van der Waals surface area (Å²) in [5.74, 6) is -0.762. The van der Waals surface area contributed by atoms with Crippen LogP contribution in [0, 0.1) is 12.9 Å². The van der Waals surface area contributed by atoms with Gasteiger partial charge in [0.2, 0.25) is 11.8 Å². The molecule has 5 heteroatoms. The molecule has 0 atom stereocenters. The molecule has 0 unspecified atom stereocenters. The maximum absolute atomic E-state index is 13.7. The zero-order valence-electron chi connectivity index (χ0n) is 11.7. The summed E-state index contributed by atoms with van der Waals surface area (Å²) in [6.45, 7) is 3.89. The topological polar surface area (TPSA) is 56.0 Å². The summed E-state index contributed by atoms with van der Waals surface area (Å²) in [7, 11) is 0. The van der Waals surface area contributed by atoms with E-state index in [0.717, 1.165) is 11.1 Å². The number of hydrogen-bond acceptors (Lipinski definition) is 4. The van der Waals surface area contributed by atoms with Crippen LogP contribution in [0.1, 0.15) is 18.1 Å². The number of fused-ring (bicyclic) bond motifs is 1. The van der Waals surface area contributed by atoms with Gasteiger partial charge in [-0.05, 0) is 42.7 Å². The molecule has 2 heterocycles. The van der Waals surface area contributed by atoms with E-state index in [1.54, 1.807) is 12.1 Å². The van der Waals surface area contributed by atoms with Crippen molar-refractivity contribution in [3.8, 4) is 11.5 Å². The summed E-state index contributed by atoms with van der Waals surface area (Å²) in [5, 5.41) is 0.455. The fourth-order valence-electron chi connectivity index (χ4n) is 2.38. The van der Waals surface area contributed by atoms with Gasteiger partial charge in [0.1, 0.15) is 0 Å². The summed E-state index contributed by atoms with van der Waals surface area (Å²) in [5.41, 5.74) is 1.96. The second-order valence-corrected chi connectivity index (χ2v) is 4.82. The molecule has 0 spiro atoms. The lowest BCUT2D eigenvalue weighted by Crippen LogP contribution is -2.07. The Morgan fingerprint density at radius 1 is 1.33 bits per heavy atom. The van der Waals surface area contributed by atoms with Crippen LogP contribution in [-0.4, -0.2) is 9.97 Å². The molecule has 4 nitrogen and oxygen atoms in total. The Morgan fingerprint density at radius 2 is 2.14 bits per heavy atom. The molecular weight excluding hydrogens is 271 g/mol. The number of benzene rings is 1. The number of nitrogens with zero attached hydrogens (tertiary/aromatic N) is 2. The molecule has 0 amide bonds. The second-order valence-electron chi connectivity index (χ2n) is 4.82. The molecular formula is C16H13FN2O2. The molecule has 3 rings (SSSR count). The van der Waals surface area contributed by atoms with Crippen LogP contribution in [0.4, 0.5) is 4.39 Å². The zero-order valence-corrected chi connectivity index (χ0v) is 11.7. The molecule has 0 aliphatic heterocycles. The SMILES string of the molecule is CCc1cc(C)cc2nc(-c3cccnc3F)oc(=O)c12. The van der Waals surface area contributed by atoms with Crippen LogP contribution in [0.2, 0.25) is 0 Å². The highest BCUT2D eigenvalue weighted by Gasteiger charge is 2.15. The first-order valence-corrected chi connectivity index (χ1v) is 6.65. The highest BCUT2D eigenvalue weighted by atomic mass is 19.1. The third-order valence-corrected chi connectivity index (χ3v) is 3.33. The van der Waals surface area contributed by atoms with Crippen LogP contribution in [0.25, 0.3) is 22.4 Å². The molecule has 0 saturated carbocycles. The van der Waals surface area contributed by atoms with Crippen LogP contribution in [-0.2, 0) is 6.42 Å². The average molecular weight is 284 g/mol. The average Bonchev–Trinajstić information content (AvgIpc) is 2.46. The van der Waals surface area contributed by atoms with Crippen molar-refractivity contribution in [1.82, 2.24) is 9.97 Å². The minimum atomic E-state index is -0.712. The van der Waals surface area contributed by atoms with Gasteiger partial charge in [-0.15, -0.1) is 0 Å². The van der Waals surface area contributed by atoms with Gasteiger partial charge in [0.05, 0.1) is 16.5 Å². The van der Waals surface area contributed by atoms with Gasteiger partial charge in [0.15, 0.2) is 0 Å². The Kier molecular flexibility index (Phi) is 3.25. The van der Waals surface area contributed by atoms with Crippen molar-refractivity contribution in [2.75, 3.05) is 0 Å². The van der Waals surface area contributed by atoms with E-state index in [-0.39, 0.29) is 11.5 Å². The van der Waals surface area contributed by atoms with Crippen molar-refractivity contribution in [1.29, 1.82) is 0 Å². The van der Waals surface area contributed by atoms with E-state index in [0.29, 0.717) is 17.3 Å². The zero-order chi connectivity index (χ0) is 15.0. The molecule has 0 fully saturated rings. The third-order valence-electron chi connectivity index (χ3n) is 3.33. The van der Waals surface area contributed by atoms with E-state index in [1.807, 2.05) is 19.9 Å². The smallest absolute Gasteiger partial charge is 0.347 e. The second kappa shape index (κ2) is 5.09. The van der Waals surface area contributed by atoms with E-state index in [1.165, 1.54) is 12.3 Å². The maximum Gasteiger partial charge on any atom is 0.347 e. The summed E-state index contributed by atoms with van der Waals surface area (Å²) in [6.07, 6.45) is 2.03. The molecule has 2 aromatic heterocycles. The van der Waals surface area contributed by atoms with E-state index in [9.17, 15) is 9.18 Å². The van der Waals surface area contributed by atoms with E-state index in [2.05, 4.69) is 9.97 Å². The van der Waals surface area contributed by atoms with Crippen molar-refractivity contribution in [2.24, 2.45) is 0 Å². The molecule has 0 saturated heterocycles. The van der Waals surface area contributed by atoms with Gasteiger partial charge >= 0.3 is 5.63 Å². The molecule has 3 aromatic rings. The highest BCUT2D eigenvalue weighted by Crippen LogP contribution is 2.23. The first kappa shape index (κ1) is 13.4. The summed E-state index contributed by atoms with van der Waals surface area (Å²) >= 11 is 0. The van der Waals surface area contributed by atoms with Gasteiger partial charge in [0, 0.05) is 6.20 Å². The summed E-state index contributed by atoms with van der Waals surface area (Å²) in [6, 6.07) is 6.78. The van der Waals surface area contributed by atoms with Crippen LogP contribution in [0.5, 0.6) is 0 Å². The van der Waals surface area contributed by atoms with Crippen molar-refractivity contribution in [3.63, 3.8) is 0 Å². The number of pyridine rings is 1. The molecule has 0 bridgehead atoms. The monoisotopic (exact) mass is 284 g/mol. The largest absolute Gasteiger partial charge is 0.403 e. The first-order valence-electron chi connectivity index (χ1n) is 6.65. The van der Waals surface area contributed by atoms with Crippen LogP contribution in [0.15, 0.2) is 39.7 Å². The van der Waals surface area contributed by atoms with Crippen LogP contribution < -0.4 is 5.63 Å². The molecule has 0 aliphatic carbocycles. The normalized spacial score (nSPS) is 11.0. The Hall–Kier alpha value is -2.56. The van der Waals surface area contributed by atoms with Crippen molar-refractivity contribution in [2.45, 2.75) is 20.3 Å². The summed E-state index contributed by atoms with van der Waals surface area (Å²) in [4.78, 5) is 20.1. The van der Waals surface area contributed by atoms with Crippen LogP contribution >= 0.6 is 0 Å². The number of hydrogen-bond donors (Lipinski definition) is 0. The Bertz CT molecular complexity index is 887.